The van der Waals surface area contributed by atoms with Crippen LogP contribution in [0.3, 0.4) is 0 Å². The number of aromatic amines is 1. The summed E-state index contributed by atoms with van der Waals surface area (Å²) < 4.78 is 6.77. The minimum Gasteiger partial charge on any atom is -0.414 e. The largest absolute Gasteiger partial charge is 0.414 e. The van der Waals surface area contributed by atoms with E-state index in [2.05, 4.69) is 143 Å². The number of H-pyrrole nitrogens is 1. The first-order chi connectivity index (χ1) is 25.4. The van der Waals surface area contributed by atoms with Crippen molar-refractivity contribution < 1.29 is 9.22 Å². The number of nitrogens with one attached hydrogen (secondary N) is 1. The highest BCUT2D eigenvalue weighted by Crippen LogP contribution is 2.46. The van der Waals surface area contributed by atoms with Crippen LogP contribution in [0.25, 0.3) is 10.9 Å². The van der Waals surface area contributed by atoms with Gasteiger partial charge in [0.05, 0.1) is 0 Å². The molecule has 8 rings (SSSR count). The zero-order valence-corrected chi connectivity index (χ0v) is 31.7. The number of amides is 1. The Morgan fingerprint density at radius 1 is 0.769 bits per heavy atom. The van der Waals surface area contributed by atoms with Crippen molar-refractivity contribution in [1.29, 1.82) is 0 Å². The van der Waals surface area contributed by atoms with Crippen LogP contribution in [0.5, 0.6) is 0 Å². The van der Waals surface area contributed by atoms with Gasteiger partial charge in [-0.2, -0.15) is 0 Å². The van der Waals surface area contributed by atoms with E-state index in [0.717, 1.165) is 76.9 Å². The number of benzene rings is 4. The zero-order valence-electron chi connectivity index (χ0n) is 30.7. The summed E-state index contributed by atoms with van der Waals surface area (Å²) in [6, 6.07) is 39.3. The molecule has 3 heterocycles. The molecule has 1 aliphatic carbocycles. The van der Waals surface area contributed by atoms with Gasteiger partial charge in [-0.1, -0.05) is 98.8 Å². The lowest BCUT2D eigenvalue weighted by atomic mass is 9.82. The Hall–Kier alpha value is -4.17. The van der Waals surface area contributed by atoms with E-state index in [1.54, 1.807) is 0 Å². The van der Waals surface area contributed by atoms with Crippen molar-refractivity contribution in [2.75, 3.05) is 42.5 Å². The van der Waals surface area contributed by atoms with Gasteiger partial charge in [-0.15, -0.1) is 0 Å². The van der Waals surface area contributed by atoms with E-state index in [-0.39, 0.29) is 29.0 Å². The van der Waals surface area contributed by atoms with Crippen LogP contribution in [-0.2, 0) is 15.6 Å². The molecular formula is C45H52N4O2Si. The minimum absolute atomic E-state index is 0.0462. The van der Waals surface area contributed by atoms with Crippen molar-refractivity contribution in [1.82, 2.24) is 9.88 Å². The van der Waals surface area contributed by atoms with Gasteiger partial charge in [0.1, 0.15) is 0 Å². The Bertz CT molecular complexity index is 1890. The molecule has 1 aromatic heterocycles. The first-order valence-corrected chi connectivity index (χ1v) is 20.3. The maximum Gasteiger partial charge on any atom is 0.237 e. The lowest BCUT2D eigenvalue weighted by Gasteiger charge is -2.44. The summed E-state index contributed by atoms with van der Waals surface area (Å²) in [5, 5.41) is 1.23. The fourth-order valence-electron chi connectivity index (χ4n) is 9.13. The number of fused-ring (bicyclic) bond motifs is 2. The minimum atomic E-state index is -0.0685. The quantitative estimate of drug-likeness (QED) is 0.147. The van der Waals surface area contributed by atoms with Crippen LogP contribution in [0.4, 0.5) is 11.4 Å². The van der Waals surface area contributed by atoms with Gasteiger partial charge in [0, 0.05) is 85.2 Å². The predicted molar refractivity (Wildman–Crippen MR) is 214 cm³/mol. The predicted octanol–water partition coefficient (Wildman–Crippen LogP) is 8.86. The smallest absolute Gasteiger partial charge is 0.237 e. The molecule has 3 aliphatic rings. The molecular weight excluding hydrogens is 657 g/mol. The summed E-state index contributed by atoms with van der Waals surface area (Å²) in [6.07, 6.45) is 7.95. The molecule has 2 fully saturated rings. The van der Waals surface area contributed by atoms with Crippen molar-refractivity contribution >= 4 is 37.9 Å². The van der Waals surface area contributed by atoms with Gasteiger partial charge in [-0.05, 0) is 84.5 Å². The molecule has 268 valence electrons. The van der Waals surface area contributed by atoms with Crippen LogP contribution in [0, 0.1) is 5.92 Å². The number of hydrogen-bond donors (Lipinski definition) is 1. The highest BCUT2D eigenvalue weighted by Gasteiger charge is 2.39. The molecule has 2 aliphatic heterocycles. The van der Waals surface area contributed by atoms with Gasteiger partial charge < -0.3 is 19.2 Å². The average molecular weight is 709 g/mol. The molecule has 1 saturated heterocycles. The molecule has 5 aromatic rings. The first-order valence-electron chi connectivity index (χ1n) is 19.4. The number of hydrogen-bond acceptors (Lipinski definition) is 4. The normalized spacial score (nSPS) is 21.4. The second-order valence-corrected chi connectivity index (χ2v) is 17.4. The van der Waals surface area contributed by atoms with Gasteiger partial charge in [0.15, 0.2) is 0 Å². The number of para-hydroxylation sites is 1. The van der Waals surface area contributed by atoms with Crippen molar-refractivity contribution in [3.05, 3.63) is 132 Å². The van der Waals surface area contributed by atoms with E-state index >= 15 is 0 Å². The van der Waals surface area contributed by atoms with E-state index in [1.165, 1.54) is 33.3 Å². The van der Waals surface area contributed by atoms with Crippen molar-refractivity contribution in [3.63, 3.8) is 0 Å². The van der Waals surface area contributed by atoms with Gasteiger partial charge in [-0.3, -0.25) is 9.69 Å². The lowest BCUT2D eigenvalue weighted by Crippen LogP contribution is -2.55. The maximum absolute atomic E-state index is 14.6. The highest BCUT2D eigenvalue weighted by atomic mass is 28.2. The number of carbonyl (C=O) groups excluding carboxylic acids is 1. The Morgan fingerprint density at radius 3 is 2.13 bits per heavy atom. The van der Waals surface area contributed by atoms with Crippen molar-refractivity contribution in [2.45, 2.75) is 75.5 Å². The Balaban J connectivity index is 0.900. The topological polar surface area (TPSA) is 51.8 Å². The molecule has 1 unspecified atom stereocenters. The maximum atomic E-state index is 14.6. The molecule has 0 bridgehead atoms. The molecule has 6 nitrogen and oxygen atoms in total. The number of aryl methyl sites for hydroxylation is 1. The fraction of sp³-hybridized carbons (Fsp3) is 0.400. The molecule has 1 saturated carbocycles. The zero-order chi connectivity index (χ0) is 35.5. The number of aromatic nitrogens is 1. The standard InChI is InChI=1S/C45H52N4O2Si/c1-45(2,43(34-13-5-3-6-14-34)35-15-7-4-8-16-35)52-51-38-24-21-36(22-25-38)44(50)49-37(23-20-33-12-9-10-18-41(33)49)32-47-28-30-48(31-29-47)42-19-11-17-40-39(42)26-27-46-40/h3-19,26-27,36-38,43,46H,20-25,28-32H2,1-2H3. The molecule has 0 spiro atoms. The molecule has 1 atom stereocenters. The summed E-state index contributed by atoms with van der Waals surface area (Å²) in [5.41, 5.74) is 7.62. The number of carbonyl (C=O) groups is 1. The van der Waals surface area contributed by atoms with Gasteiger partial charge in [0.2, 0.25) is 15.7 Å². The second-order valence-electron chi connectivity index (χ2n) is 15.7. The van der Waals surface area contributed by atoms with Crippen molar-refractivity contribution in [3.8, 4) is 0 Å². The van der Waals surface area contributed by atoms with E-state index in [9.17, 15) is 4.79 Å². The summed E-state index contributed by atoms with van der Waals surface area (Å²) >= 11 is 0. The summed E-state index contributed by atoms with van der Waals surface area (Å²) in [5.74, 6) is 0.619. The van der Waals surface area contributed by atoms with Crippen LogP contribution in [0.15, 0.2) is 115 Å². The summed E-state index contributed by atoms with van der Waals surface area (Å²) in [4.78, 5) is 25.3. The van der Waals surface area contributed by atoms with Gasteiger partial charge in [0.25, 0.3) is 0 Å². The number of nitrogens with zero attached hydrogens (tertiary/aromatic N) is 3. The van der Waals surface area contributed by atoms with Gasteiger partial charge >= 0.3 is 0 Å². The third kappa shape index (κ3) is 7.36. The summed E-state index contributed by atoms with van der Waals surface area (Å²) in [6.45, 7) is 9.65. The third-order valence-electron chi connectivity index (χ3n) is 11.9. The Kier molecular flexibility index (Phi) is 10.4. The van der Waals surface area contributed by atoms with Crippen LogP contribution >= 0.6 is 0 Å². The molecule has 52 heavy (non-hydrogen) atoms. The number of piperazine rings is 1. The molecule has 1 amide bonds. The van der Waals surface area contributed by atoms with Crippen LogP contribution < -0.4 is 9.80 Å². The van der Waals surface area contributed by atoms with Crippen molar-refractivity contribution in [2.24, 2.45) is 5.92 Å². The Morgan fingerprint density at radius 2 is 1.42 bits per heavy atom. The Labute approximate surface area is 312 Å². The fourth-order valence-corrected chi connectivity index (χ4v) is 10.3. The lowest BCUT2D eigenvalue weighted by molar-refractivity contribution is -0.124. The molecule has 4 aromatic carbocycles. The number of rotatable bonds is 10. The van der Waals surface area contributed by atoms with E-state index in [4.69, 9.17) is 4.43 Å². The monoisotopic (exact) mass is 708 g/mol. The second kappa shape index (κ2) is 15.4. The number of anilines is 2. The highest BCUT2D eigenvalue weighted by molar-refractivity contribution is 6.32. The van der Waals surface area contributed by atoms with Gasteiger partial charge in [-0.25, -0.2) is 0 Å². The van der Waals surface area contributed by atoms with E-state index in [0.29, 0.717) is 15.7 Å². The average Bonchev–Trinajstić information content (AvgIpc) is 3.68. The van der Waals surface area contributed by atoms with Crippen LogP contribution in [0.1, 0.15) is 68.6 Å². The first kappa shape index (κ1) is 34.9. The summed E-state index contributed by atoms with van der Waals surface area (Å²) in [7, 11) is 0.366. The van der Waals surface area contributed by atoms with E-state index in [1.807, 2.05) is 6.20 Å². The van der Waals surface area contributed by atoms with E-state index < -0.39 is 0 Å². The van der Waals surface area contributed by atoms with Crippen LogP contribution in [0.2, 0.25) is 5.04 Å². The molecule has 1 N–H and O–H groups in total. The van der Waals surface area contributed by atoms with Crippen LogP contribution in [-0.4, -0.2) is 70.4 Å². The molecule has 7 heteroatoms. The third-order valence-corrected chi connectivity index (χ3v) is 13.1. The SMILES string of the molecule is CC(C)([Si]OC1CCC(C(=O)N2c3ccccc3CCC2CN2CCN(c3cccc4[nH]ccc34)CC2)CC1)C(c1ccccc1)c1ccccc1. The molecule has 2 radical (unpaired) electrons.